The van der Waals surface area contributed by atoms with E-state index in [0.717, 1.165) is 5.56 Å². The number of anilines is 4. The number of nitrogen functional groups attached to an aromatic ring is 1. The summed E-state index contributed by atoms with van der Waals surface area (Å²) in [7, 11) is 1.91. The van der Waals surface area contributed by atoms with E-state index in [1.807, 2.05) is 42.3 Å². The zero-order valence-corrected chi connectivity index (χ0v) is 14.3. The molecule has 0 atom stereocenters. The minimum atomic E-state index is -0.480. The molecule has 0 bridgehead atoms. The molecule has 0 aliphatic heterocycles. The van der Waals surface area contributed by atoms with Crippen molar-refractivity contribution < 1.29 is 4.39 Å². The number of hydrogen-bond donors (Lipinski definition) is 2. The van der Waals surface area contributed by atoms with Gasteiger partial charge in [-0.15, -0.1) is 0 Å². The van der Waals surface area contributed by atoms with Gasteiger partial charge in [0.2, 0.25) is 0 Å². The number of nitrogens with two attached hydrogens (primary N) is 1. The molecule has 3 N–H and O–H groups in total. The van der Waals surface area contributed by atoms with Crippen LogP contribution in [0.5, 0.6) is 0 Å². The van der Waals surface area contributed by atoms with Gasteiger partial charge in [-0.2, -0.15) is 0 Å². The van der Waals surface area contributed by atoms with Gasteiger partial charge < -0.3 is 16.0 Å². The first kappa shape index (κ1) is 17.0. The first-order valence-corrected chi connectivity index (χ1v) is 8.00. The van der Waals surface area contributed by atoms with Crippen molar-refractivity contribution >= 4 is 34.6 Å². The van der Waals surface area contributed by atoms with Crippen molar-refractivity contribution in [2.24, 2.45) is 0 Å². The monoisotopic (exact) mass is 357 g/mol. The topological polar surface area (TPSA) is 67.1 Å². The van der Waals surface area contributed by atoms with Crippen molar-refractivity contribution in [3.63, 3.8) is 0 Å². The van der Waals surface area contributed by atoms with Crippen molar-refractivity contribution in [2.45, 2.75) is 6.54 Å². The molecule has 0 radical (unpaired) electrons. The van der Waals surface area contributed by atoms with E-state index in [9.17, 15) is 4.39 Å². The minimum absolute atomic E-state index is 0.0269. The smallest absolute Gasteiger partial charge is 0.159 e. The lowest BCUT2D eigenvalue weighted by Gasteiger charge is -2.21. The summed E-state index contributed by atoms with van der Waals surface area (Å²) in [6.45, 7) is 0.657. The fourth-order valence-corrected chi connectivity index (χ4v) is 2.61. The molecule has 0 spiro atoms. The van der Waals surface area contributed by atoms with Crippen LogP contribution in [0.3, 0.4) is 0 Å². The molecular formula is C18H17ClFN5. The molecule has 128 valence electrons. The Kier molecular flexibility index (Phi) is 5.00. The highest BCUT2D eigenvalue weighted by atomic mass is 35.5. The number of nitrogens with one attached hydrogen (secondary N) is 1. The minimum Gasteiger partial charge on any atom is -0.393 e. The summed E-state index contributed by atoms with van der Waals surface area (Å²) >= 11 is 5.80. The molecule has 3 aromatic rings. The van der Waals surface area contributed by atoms with Crippen LogP contribution in [0.2, 0.25) is 5.02 Å². The molecule has 0 aliphatic carbocycles. The summed E-state index contributed by atoms with van der Waals surface area (Å²) < 4.78 is 13.3. The second kappa shape index (κ2) is 7.36. The standard InChI is InChI=1S/C18H17ClFN5/c1-25(10-12-5-3-2-4-6-12)18-16(21)17(22-11-23-18)24-13-7-8-15(20)14(19)9-13/h2-9,11H,10,21H2,1H3,(H,22,23,24). The Labute approximate surface area is 150 Å². The van der Waals surface area contributed by atoms with E-state index < -0.39 is 5.82 Å². The van der Waals surface area contributed by atoms with Crippen LogP contribution >= 0.6 is 11.6 Å². The quantitative estimate of drug-likeness (QED) is 0.715. The highest BCUT2D eigenvalue weighted by molar-refractivity contribution is 6.31. The van der Waals surface area contributed by atoms with Crippen LogP contribution in [0.15, 0.2) is 54.9 Å². The average molecular weight is 358 g/mol. The van der Waals surface area contributed by atoms with Gasteiger partial charge in [-0.05, 0) is 23.8 Å². The van der Waals surface area contributed by atoms with Gasteiger partial charge in [0.15, 0.2) is 11.6 Å². The summed E-state index contributed by atoms with van der Waals surface area (Å²) in [5.74, 6) is 0.563. The van der Waals surface area contributed by atoms with E-state index >= 15 is 0 Å². The molecule has 1 heterocycles. The summed E-state index contributed by atoms with van der Waals surface area (Å²) in [6.07, 6.45) is 1.43. The summed E-state index contributed by atoms with van der Waals surface area (Å²) in [5, 5.41) is 3.07. The van der Waals surface area contributed by atoms with Gasteiger partial charge >= 0.3 is 0 Å². The van der Waals surface area contributed by atoms with Gasteiger partial charge in [-0.1, -0.05) is 41.9 Å². The molecule has 0 amide bonds. The number of rotatable bonds is 5. The molecule has 2 aromatic carbocycles. The fraction of sp³-hybridized carbons (Fsp3) is 0.111. The number of halogens is 2. The van der Waals surface area contributed by atoms with Gasteiger partial charge in [0.1, 0.15) is 17.8 Å². The van der Waals surface area contributed by atoms with Crippen molar-refractivity contribution in [1.29, 1.82) is 0 Å². The normalized spacial score (nSPS) is 10.5. The Morgan fingerprint density at radius 2 is 1.92 bits per heavy atom. The molecule has 25 heavy (non-hydrogen) atoms. The van der Waals surface area contributed by atoms with Crippen LogP contribution in [0, 0.1) is 5.82 Å². The Hall–Kier alpha value is -2.86. The molecule has 0 saturated carbocycles. The third kappa shape index (κ3) is 3.97. The van der Waals surface area contributed by atoms with Gasteiger partial charge in [-0.25, -0.2) is 14.4 Å². The lowest BCUT2D eigenvalue weighted by Crippen LogP contribution is -2.20. The summed E-state index contributed by atoms with van der Waals surface area (Å²) in [4.78, 5) is 10.4. The van der Waals surface area contributed by atoms with Crippen LogP contribution in [0.4, 0.5) is 27.4 Å². The van der Waals surface area contributed by atoms with Crippen molar-refractivity contribution in [3.05, 3.63) is 71.3 Å². The molecule has 5 nitrogen and oxygen atoms in total. The SMILES string of the molecule is CN(Cc1ccccc1)c1ncnc(Nc2ccc(F)c(Cl)c2)c1N. The van der Waals surface area contributed by atoms with E-state index in [0.29, 0.717) is 29.6 Å². The average Bonchev–Trinajstić information content (AvgIpc) is 2.61. The van der Waals surface area contributed by atoms with Crippen molar-refractivity contribution in [1.82, 2.24) is 9.97 Å². The van der Waals surface area contributed by atoms with Gasteiger partial charge in [0.05, 0.1) is 5.02 Å². The zero-order chi connectivity index (χ0) is 17.8. The highest BCUT2D eigenvalue weighted by Crippen LogP contribution is 2.29. The second-order valence-electron chi connectivity index (χ2n) is 5.56. The maximum absolute atomic E-state index is 13.3. The van der Waals surface area contributed by atoms with Gasteiger partial charge in [0, 0.05) is 19.3 Å². The van der Waals surface area contributed by atoms with E-state index in [1.165, 1.54) is 18.5 Å². The fourth-order valence-electron chi connectivity index (χ4n) is 2.43. The summed E-state index contributed by atoms with van der Waals surface area (Å²) in [6, 6.07) is 14.3. The zero-order valence-electron chi connectivity index (χ0n) is 13.6. The Balaban J connectivity index is 1.82. The van der Waals surface area contributed by atoms with Crippen molar-refractivity contribution in [3.8, 4) is 0 Å². The molecule has 7 heteroatoms. The Morgan fingerprint density at radius 3 is 2.64 bits per heavy atom. The summed E-state index contributed by atoms with van der Waals surface area (Å²) in [5.41, 5.74) is 8.35. The Bertz CT molecular complexity index is 873. The van der Waals surface area contributed by atoms with Crippen LogP contribution < -0.4 is 16.0 Å². The van der Waals surface area contributed by atoms with E-state index in [4.69, 9.17) is 17.3 Å². The lowest BCUT2D eigenvalue weighted by molar-refractivity contribution is 0.628. The molecule has 0 saturated heterocycles. The molecule has 1 aromatic heterocycles. The number of benzene rings is 2. The Morgan fingerprint density at radius 1 is 1.16 bits per heavy atom. The number of aromatic nitrogens is 2. The maximum atomic E-state index is 13.3. The molecule has 3 rings (SSSR count). The third-order valence-electron chi connectivity index (χ3n) is 3.67. The number of nitrogens with zero attached hydrogens (tertiary/aromatic N) is 3. The van der Waals surface area contributed by atoms with Crippen molar-refractivity contribution in [2.75, 3.05) is 23.0 Å². The van der Waals surface area contributed by atoms with Crippen LogP contribution in [-0.4, -0.2) is 17.0 Å². The molecular weight excluding hydrogens is 341 g/mol. The van der Waals surface area contributed by atoms with E-state index in [-0.39, 0.29) is 5.02 Å². The largest absolute Gasteiger partial charge is 0.393 e. The van der Waals surface area contributed by atoms with Gasteiger partial charge in [-0.3, -0.25) is 0 Å². The third-order valence-corrected chi connectivity index (χ3v) is 3.96. The maximum Gasteiger partial charge on any atom is 0.159 e. The first-order valence-electron chi connectivity index (χ1n) is 7.62. The van der Waals surface area contributed by atoms with E-state index in [2.05, 4.69) is 15.3 Å². The van der Waals surface area contributed by atoms with Gasteiger partial charge in [0.25, 0.3) is 0 Å². The predicted octanol–water partition coefficient (Wildman–Crippen LogP) is 4.23. The lowest BCUT2D eigenvalue weighted by atomic mass is 10.2. The second-order valence-corrected chi connectivity index (χ2v) is 5.96. The molecule has 0 unspecified atom stereocenters. The molecule has 0 aliphatic rings. The number of hydrogen-bond acceptors (Lipinski definition) is 5. The van der Waals surface area contributed by atoms with Crippen LogP contribution in [-0.2, 0) is 6.54 Å². The first-order chi connectivity index (χ1) is 12.0. The molecule has 0 fully saturated rings. The van der Waals surface area contributed by atoms with Crippen LogP contribution in [0.1, 0.15) is 5.56 Å². The highest BCUT2D eigenvalue weighted by Gasteiger charge is 2.13. The predicted molar refractivity (Wildman–Crippen MR) is 99.7 cm³/mol. The van der Waals surface area contributed by atoms with Crippen LogP contribution in [0.25, 0.3) is 0 Å². The van der Waals surface area contributed by atoms with E-state index in [1.54, 1.807) is 6.07 Å².